The summed E-state index contributed by atoms with van der Waals surface area (Å²) in [5, 5.41) is 23.3. The maximum atomic E-state index is 14.4. The predicted octanol–water partition coefficient (Wildman–Crippen LogP) is 9.51. The molecule has 2 amide bonds. The Balaban J connectivity index is 1.01. The van der Waals surface area contributed by atoms with Crippen molar-refractivity contribution in [1.29, 1.82) is 5.26 Å². The summed E-state index contributed by atoms with van der Waals surface area (Å²) in [7, 11) is 1.71. The van der Waals surface area contributed by atoms with E-state index in [9.17, 15) is 19.5 Å². The minimum absolute atomic E-state index is 0.0830. The second-order valence-electron chi connectivity index (χ2n) is 15.6. The van der Waals surface area contributed by atoms with Crippen molar-refractivity contribution in [2.24, 2.45) is 0 Å². The molecule has 10 nitrogen and oxygen atoms in total. The van der Waals surface area contributed by atoms with Gasteiger partial charge in [-0.05, 0) is 101 Å². The van der Waals surface area contributed by atoms with Crippen molar-refractivity contribution in [2.45, 2.75) is 57.1 Å². The Kier molecular flexibility index (Phi) is 12.3. The van der Waals surface area contributed by atoms with Crippen molar-refractivity contribution in [2.75, 3.05) is 11.9 Å². The van der Waals surface area contributed by atoms with Gasteiger partial charge in [0.15, 0.2) is 0 Å². The van der Waals surface area contributed by atoms with Crippen LogP contribution in [-0.4, -0.2) is 46.9 Å². The molecular formula is C50H42Cl2N4O6. The second-order valence-corrected chi connectivity index (χ2v) is 16.4. The number of rotatable bonds is 12. The number of carboxylic acids is 1. The van der Waals surface area contributed by atoms with Crippen LogP contribution in [0, 0.1) is 11.3 Å². The number of carboxylic acid groups (broad SMARTS) is 1. The molecular weight excluding hydrogens is 823 g/mol. The monoisotopic (exact) mass is 864 g/mol. The zero-order valence-electron chi connectivity index (χ0n) is 33.9. The Morgan fingerprint density at radius 3 is 2.21 bits per heavy atom. The summed E-state index contributed by atoms with van der Waals surface area (Å²) < 4.78 is 12.4. The first kappa shape index (κ1) is 42.1. The topological polar surface area (TPSA) is 132 Å². The van der Waals surface area contributed by atoms with Crippen LogP contribution in [0.2, 0.25) is 10.0 Å². The highest BCUT2D eigenvalue weighted by Gasteiger charge is 2.40. The van der Waals surface area contributed by atoms with Gasteiger partial charge in [0.05, 0.1) is 33.4 Å². The zero-order chi connectivity index (χ0) is 43.5. The van der Waals surface area contributed by atoms with Gasteiger partial charge in [-0.15, -0.1) is 0 Å². The third-order valence-corrected chi connectivity index (χ3v) is 12.4. The van der Waals surface area contributed by atoms with Crippen molar-refractivity contribution in [3.63, 3.8) is 0 Å². The van der Waals surface area contributed by atoms with Crippen molar-refractivity contribution in [3.05, 3.63) is 182 Å². The third kappa shape index (κ3) is 9.02. The molecule has 312 valence electrons. The fraction of sp³-hybridized carbons (Fsp3) is 0.200. The minimum atomic E-state index is -1.18. The van der Waals surface area contributed by atoms with Crippen LogP contribution in [0.1, 0.15) is 58.0 Å². The van der Waals surface area contributed by atoms with Gasteiger partial charge in [-0.3, -0.25) is 14.5 Å². The highest BCUT2D eigenvalue weighted by molar-refractivity contribution is 6.42. The second kappa shape index (κ2) is 18.1. The van der Waals surface area contributed by atoms with E-state index in [4.69, 9.17) is 37.9 Å². The summed E-state index contributed by atoms with van der Waals surface area (Å²) in [5.41, 5.74) is 8.11. The van der Waals surface area contributed by atoms with Crippen LogP contribution in [0.15, 0.2) is 133 Å². The number of nitrogens with one attached hydrogen (secondary N) is 1. The SMILES string of the molecule is CC(c1ccccc1)N1Cc2cc3c(cc2C[C@H]1C(=O)N[C@@H](Cc1ccc(-c2ccc(C#N)cc2)cc1)C(=O)O)N(C)C(=O)C(c1ccc(OCc2ccc(Cl)c(Cl)c2)cc1)O3. The molecule has 0 spiro atoms. The summed E-state index contributed by atoms with van der Waals surface area (Å²) in [6.07, 6.45) is -0.525. The predicted molar refractivity (Wildman–Crippen MR) is 238 cm³/mol. The Morgan fingerprint density at radius 2 is 1.55 bits per heavy atom. The van der Waals surface area contributed by atoms with E-state index in [1.165, 1.54) is 0 Å². The number of aliphatic carboxylic acids is 1. The molecule has 0 fully saturated rings. The van der Waals surface area contributed by atoms with E-state index in [1.54, 1.807) is 48.3 Å². The van der Waals surface area contributed by atoms with Gasteiger partial charge in [0, 0.05) is 31.6 Å². The lowest BCUT2D eigenvalue weighted by atomic mass is 9.89. The number of hydrogen-bond acceptors (Lipinski definition) is 7. The van der Waals surface area contributed by atoms with Crippen molar-refractivity contribution >= 4 is 46.7 Å². The average molecular weight is 866 g/mol. The van der Waals surface area contributed by atoms with E-state index >= 15 is 0 Å². The number of ether oxygens (including phenoxy) is 2. The van der Waals surface area contributed by atoms with Gasteiger partial charge < -0.3 is 24.8 Å². The normalized spacial score (nSPS) is 16.8. The number of fused-ring (bicyclic) bond motifs is 2. The summed E-state index contributed by atoms with van der Waals surface area (Å²) >= 11 is 12.2. The molecule has 62 heavy (non-hydrogen) atoms. The van der Waals surface area contributed by atoms with Crippen molar-refractivity contribution in [3.8, 4) is 28.7 Å². The van der Waals surface area contributed by atoms with E-state index in [2.05, 4.69) is 16.3 Å². The Morgan fingerprint density at radius 1 is 0.871 bits per heavy atom. The van der Waals surface area contributed by atoms with Crippen LogP contribution in [0.25, 0.3) is 11.1 Å². The molecule has 2 aliphatic rings. The largest absolute Gasteiger partial charge is 0.489 e. The van der Waals surface area contributed by atoms with Crippen molar-refractivity contribution < 1.29 is 29.0 Å². The Labute approximate surface area is 369 Å². The van der Waals surface area contributed by atoms with Crippen LogP contribution in [0.3, 0.4) is 0 Å². The fourth-order valence-electron chi connectivity index (χ4n) is 8.04. The molecule has 0 saturated heterocycles. The first-order valence-corrected chi connectivity index (χ1v) is 20.9. The first-order valence-electron chi connectivity index (χ1n) is 20.2. The molecule has 6 aromatic carbocycles. The highest BCUT2D eigenvalue weighted by Crippen LogP contribution is 2.43. The number of nitriles is 1. The Hall–Kier alpha value is -6.64. The van der Waals surface area contributed by atoms with Crippen LogP contribution < -0.4 is 19.7 Å². The Bertz CT molecular complexity index is 2670. The van der Waals surface area contributed by atoms with Crippen LogP contribution >= 0.6 is 23.2 Å². The molecule has 0 saturated carbocycles. The van der Waals surface area contributed by atoms with Crippen LogP contribution in [0.5, 0.6) is 11.5 Å². The van der Waals surface area contributed by atoms with Crippen molar-refractivity contribution in [1.82, 2.24) is 10.2 Å². The van der Waals surface area contributed by atoms with E-state index < -0.39 is 30.1 Å². The molecule has 2 aliphatic heterocycles. The summed E-state index contributed by atoms with van der Waals surface area (Å²) in [6, 6.07) is 41.1. The van der Waals surface area contributed by atoms with Gasteiger partial charge in [0.2, 0.25) is 12.0 Å². The molecule has 6 aromatic rings. The summed E-state index contributed by atoms with van der Waals surface area (Å²) in [6.45, 7) is 2.71. The van der Waals surface area contributed by atoms with E-state index in [-0.39, 0.29) is 31.4 Å². The summed E-state index contributed by atoms with van der Waals surface area (Å²) in [4.78, 5) is 44.5. The maximum Gasteiger partial charge on any atom is 0.326 e. The molecule has 8 rings (SSSR count). The van der Waals surface area contributed by atoms with Crippen LogP contribution in [-0.2, 0) is 40.4 Å². The molecule has 0 aliphatic carbocycles. The molecule has 12 heteroatoms. The van der Waals surface area contributed by atoms with Gasteiger partial charge in [-0.1, -0.05) is 108 Å². The number of halogens is 2. The fourth-order valence-corrected chi connectivity index (χ4v) is 8.37. The number of benzene rings is 6. The minimum Gasteiger partial charge on any atom is -0.489 e. The molecule has 0 aromatic heterocycles. The molecule has 2 unspecified atom stereocenters. The van der Waals surface area contributed by atoms with Gasteiger partial charge >= 0.3 is 5.97 Å². The van der Waals surface area contributed by atoms with Gasteiger partial charge in [-0.2, -0.15) is 5.26 Å². The first-order chi connectivity index (χ1) is 29.9. The smallest absolute Gasteiger partial charge is 0.326 e. The highest BCUT2D eigenvalue weighted by atomic mass is 35.5. The molecule has 0 bridgehead atoms. The summed E-state index contributed by atoms with van der Waals surface area (Å²) in [5.74, 6) is -0.632. The van der Waals surface area contributed by atoms with E-state index in [1.807, 2.05) is 104 Å². The number of anilines is 1. The van der Waals surface area contributed by atoms with Gasteiger partial charge in [0.1, 0.15) is 24.1 Å². The number of likely N-dealkylation sites (N-methyl/N-ethyl adjacent to an activating group) is 1. The molecule has 2 heterocycles. The standard InChI is InChI=1S/C50H42Cl2N4O6/c1-30(34-6-4-3-5-7-34)56-28-39-26-46-44(55(2)49(58)47(62-46)37-17-19-40(20-18-37)61-29-33-12-21-41(51)42(52)22-33)24-38(39)25-45(56)48(57)54-43(50(59)60)23-31-8-13-35(14-9-31)36-15-10-32(27-53)11-16-36/h3-22,24,26,30,43,45,47H,23,25,28-29H2,1-2H3,(H,54,57)(H,59,60)/t30?,43-,45-,47?/m0/s1. The molecule has 2 N–H and O–H groups in total. The van der Waals surface area contributed by atoms with Gasteiger partial charge in [0.25, 0.3) is 5.91 Å². The molecule has 0 radical (unpaired) electrons. The average Bonchev–Trinajstić information content (AvgIpc) is 3.30. The maximum absolute atomic E-state index is 14.4. The zero-order valence-corrected chi connectivity index (χ0v) is 35.4. The number of amides is 2. The molecule has 4 atom stereocenters. The number of hydrogen-bond donors (Lipinski definition) is 2. The lowest BCUT2D eigenvalue weighted by Crippen LogP contribution is -2.55. The number of carbonyl (C=O) groups is 3. The number of nitrogens with zero attached hydrogens (tertiary/aromatic N) is 3. The lowest BCUT2D eigenvalue weighted by molar-refractivity contribution is -0.143. The van der Waals surface area contributed by atoms with E-state index in [0.717, 1.165) is 38.9 Å². The van der Waals surface area contributed by atoms with Crippen LogP contribution in [0.4, 0.5) is 5.69 Å². The van der Waals surface area contributed by atoms with Gasteiger partial charge in [-0.25, -0.2) is 4.79 Å². The quantitative estimate of drug-likeness (QED) is 0.124. The lowest BCUT2D eigenvalue weighted by Gasteiger charge is -2.41. The van der Waals surface area contributed by atoms with E-state index in [0.29, 0.717) is 44.9 Å². The third-order valence-electron chi connectivity index (χ3n) is 11.6. The number of carbonyl (C=O) groups excluding carboxylic acids is 2.